The minimum Gasteiger partial charge on any atom is -0.467 e. The molecule has 2 N–H and O–H groups in total. The van der Waals surface area contributed by atoms with Crippen LogP contribution >= 0.6 is 0 Å². The molecule has 0 bridgehead atoms. The number of allylic oxidation sites excluding steroid dienone is 1. The van der Waals surface area contributed by atoms with Crippen LogP contribution < -0.4 is 5.32 Å². The molecule has 0 radical (unpaired) electrons. The highest BCUT2D eigenvalue weighted by Crippen LogP contribution is 2.66. The van der Waals surface area contributed by atoms with Crippen molar-refractivity contribution in [1.29, 1.82) is 0 Å². The largest absolute Gasteiger partial charge is 0.467 e. The molecule has 4 aliphatic rings. The summed E-state index contributed by atoms with van der Waals surface area (Å²) in [6.07, 6.45) is 4.44. The quantitative estimate of drug-likeness (QED) is 0.403. The molecule has 1 aromatic rings. The molecule has 0 unspecified atom stereocenters. The van der Waals surface area contributed by atoms with E-state index in [2.05, 4.69) is 12.2 Å². The number of Topliss-reactive ketones (excluding diaryl/α,β-unsaturated/α-hetero) is 2. The fourth-order valence-corrected chi connectivity index (χ4v) is 8.67. The number of benzene rings is 1. The van der Waals surface area contributed by atoms with Crippen LogP contribution in [0, 0.1) is 28.6 Å². The number of amides is 1. The lowest BCUT2D eigenvalue weighted by atomic mass is 9.46. The highest BCUT2D eigenvalue weighted by atomic mass is 16.5. The van der Waals surface area contributed by atoms with Gasteiger partial charge >= 0.3 is 11.9 Å². The maximum absolute atomic E-state index is 13.8. The Bertz CT molecular complexity index is 1400. The Hall–Kier alpha value is -3.66. The maximum atomic E-state index is 13.8. The number of ether oxygens (including phenoxy) is 2. The third kappa shape index (κ3) is 5.42. The Kier molecular flexibility index (Phi) is 8.68. The van der Waals surface area contributed by atoms with Gasteiger partial charge in [0.2, 0.25) is 11.7 Å². The summed E-state index contributed by atoms with van der Waals surface area (Å²) in [5.41, 5.74) is -1.61. The summed E-state index contributed by atoms with van der Waals surface area (Å²) in [5, 5.41) is 14.4. The number of fused-ring (bicyclic) bond motifs is 5. The number of carbonyl (C=O) groups excluding carboxylic acids is 6. The molecular weight excluding hydrogens is 566 g/mol. The van der Waals surface area contributed by atoms with Crippen LogP contribution in [0.1, 0.15) is 83.2 Å². The van der Waals surface area contributed by atoms with Crippen LogP contribution in [0.3, 0.4) is 0 Å². The van der Waals surface area contributed by atoms with Crippen molar-refractivity contribution < 1.29 is 43.3 Å². The average Bonchev–Trinajstić information content (AvgIpc) is 3.28. The van der Waals surface area contributed by atoms with Gasteiger partial charge in [-0.3, -0.25) is 24.0 Å². The first-order valence-electron chi connectivity index (χ1n) is 15.4. The molecule has 10 heteroatoms. The number of carbonyl (C=O) groups is 6. The van der Waals surface area contributed by atoms with E-state index in [9.17, 15) is 33.9 Å². The first-order valence-corrected chi connectivity index (χ1v) is 15.4. The normalized spacial score (nSPS) is 33.2. The van der Waals surface area contributed by atoms with Gasteiger partial charge in [0.05, 0.1) is 13.5 Å². The van der Waals surface area contributed by atoms with Gasteiger partial charge in [0.1, 0.15) is 11.4 Å². The number of esters is 2. The standard InChI is InChI=1S/C34H41NO9/c1-32-15-13-22(36)17-21(32)9-10-23-24-14-16-34(42,33(24,2)18-25(37)29(23)32)26(38)19-44-28(40)12-11-27(39)35-30(31(41)43-3)20-7-5-4-6-8-20/h4-8,17,23-24,29-30,42H,9-16,18-19H2,1-3H3,(H,35,39)/t23-,24-,29+,30-,32-,33-,34-/m0/s1. The van der Waals surface area contributed by atoms with Crippen molar-refractivity contribution in [3.63, 3.8) is 0 Å². The Labute approximate surface area is 256 Å². The van der Waals surface area contributed by atoms with Crippen LogP contribution in [0.25, 0.3) is 0 Å². The van der Waals surface area contributed by atoms with Crippen molar-refractivity contribution in [2.75, 3.05) is 13.7 Å². The molecule has 0 heterocycles. The highest BCUT2D eigenvalue weighted by molar-refractivity contribution is 5.95. The summed E-state index contributed by atoms with van der Waals surface area (Å²) in [6.45, 7) is 3.24. The second kappa shape index (κ2) is 12.0. The lowest BCUT2D eigenvalue weighted by Gasteiger charge is -2.57. The first kappa shape index (κ1) is 31.8. The van der Waals surface area contributed by atoms with E-state index in [1.807, 2.05) is 6.92 Å². The van der Waals surface area contributed by atoms with Crippen molar-refractivity contribution in [2.24, 2.45) is 28.6 Å². The molecule has 0 aliphatic heterocycles. The van der Waals surface area contributed by atoms with Crippen LogP contribution in [-0.2, 0) is 38.2 Å². The Morgan fingerprint density at radius 1 is 1.02 bits per heavy atom. The van der Waals surface area contributed by atoms with Crippen molar-refractivity contribution in [2.45, 2.75) is 83.3 Å². The van der Waals surface area contributed by atoms with Gasteiger partial charge in [-0.05, 0) is 61.0 Å². The van der Waals surface area contributed by atoms with Gasteiger partial charge in [-0.15, -0.1) is 0 Å². The Balaban J connectivity index is 1.18. The molecule has 0 aromatic heterocycles. The van der Waals surface area contributed by atoms with E-state index in [1.54, 1.807) is 36.4 Å². The summed E-state index contributed by atoms with van der Waals surface area (Å²) < 4.78 is 9.99. The molecule has 4 aliphatic carbocycles. The molecular formula is C34H41NO9. The third-order valence-corrected chi connectivity index (χ3v) is 11.1. The SMILES string of the molecule is COC(=O)[C@@H](NC(=O)CCC(=O)OCC(=O)[C@@]1(O)CC[C@H]2[C@@H]3CCC4=CC(=O)CC[C@]4(C)[C@H]3C(=O)C[C@@]21C)c1ccccc1. The van der Waals surface area contributed by atoms with Crippen LogP contribution in [-0.4, -0.2) is 59.6 Å². The summed E-state index contributed by atoms with van der Waals surface area (Å²) >= 11 is 0. The van der Waals surface area contributed by atoms with Gasteiger partial charge in [-0.25, -0.2) is 4.79 Å². The molecule has 10 nitrogen and oxygen atoms in total. The first-order chi connectivity index (χ1) is 20.8. The third-order valence-electron chi connectivity index (χ3n) is 11.1. The zero-order chi connectivity index (χ0) is 31.9. The van der Waals surface area contributed by atoms with Crippen molar-refractivity contribution in [1.82, 2.24) is 5.32 Å². The summed E-state index contributed by atoms with van der Waals surface area (Å²) in [7, 11) is 1.21. The highest BCUT2D eigenvalue weighted by Gasteiger charge is 2.68. The van der Waals surface area contributed by atoms with Gasteiger partial charge in [-0.2, -0.15) is 0 Å². The second-order valence-electron chi connectivity index (χ2n) is 13.3. The zero-order valence-electron chi connectivity index (χ0n) is 25.6. The number of hydrogen-bond acceptors (Lipinski definition) is 9. The van der Waals surface area contributed by atoms with Crippen molar-refractivity contribution in [3.8, 4) is 0 Å². The summed E-state index contributed by atoms with van der Waals surface area (Å²) in [5.74, 6) is -2.83. The Morgan fingerprint density at radius 3 is 2.45 bits per heavy atom. The minimum absolute atomic E-state index is 0.00388. The molecule has 0 saturated heterocycles. The number of hydrogen-bond donors (Lipinski definition) is 2. The predicted molar refractivity (Wildman–Crippen MR) is 157 cm³/mol. The molecule has 44 heavy (non-hydrogen) atoms. The van der Waals surface area contributed by atoms with E-state index in [4.69, 9.17) is 9.47 Å². The molecule has 236 valence electrons. The number of nitrogens with one attached hydrogen (secondary N) is 1. The van der Waals surface area contributed by atoms with E-state index in [0.29, 0.717) is 24.8 Å². The van der Waals surface area contributed by atoms with Gasteiger partial charge < -0.3 is 19.9 Å². The molecule has 1 amide bonds. The maximum Gasteiger partial charge on any atom is 0.333 e. The van der Waals surface area contributed by atoms with Crippen LogP contribution in [0.2, 0.25) is 0 Å². The van der Waals surface area contributed by atoms with Gasteiger partial charge in [0.15, 0.2) is 18.4 Å². The zero-order valence-corrected chi connectivity index (χ0v) is 25.6. The lowest BCUT2D eigenvalue weighted by molar-refractivity contribution is -0.173. The van der Waals surface area contributed by atoms with Crippen LogP contribution in [0.4, 0.5) is 0 Å². The molecule has 3 saturated carbocycles. The fourth-order valence-electron chi connectivity index (χ4n) is 8.67. The van der Waals surface area contributed by atoms with E-state index >= 15 is 0 Å². The minimum atomic E-state index is -1.82. The van der Waals surface area contributed by atoms with Gasteiger partial charge in [0.25, 0.3) is 0 Å². The van der Waals surface area contributed by atoms with Crippen LogP contribution in [0.15, 0.2) is 42.0 Å². The summed E-state index contributed by atoms with van der Waals surface area (Å²) in [4.78, 5) is 76.6. The number of rotatable bonds is 9. The molecule has 0 spiro atoms. The van der Waals surface area contributed by atoms with Crippen molar-refractivity contribution >= 4 is 35.2 Å². The molecule has 1 aromatic carbocycles. The lowest BCUT2D eigenvalue weighted by Crippen LogP contribution is -2.61. The van der Waals surface area contributed by atoms with E-state index in [1.165, 1.54) is 7.11 Å². The summed E-state index contributed by atoms with van der Waals surface area (Å²) in [6, 6.07) is 7.51. The molecule has 5 rings (SSSR count). The van der Waals surface area contributed by atoms with Gasteiger partial charge in [-0.1, -0.05) is 49.8 Å². The fraction of sp³-hybridized carbons (Fsp3) is 0.588. The number of methoxy groups -OCH3 is 1. The second-order valence-corrected chi connectivity index (χ2v) is 13.3. The van der Waals surface area contributed by atoms with Crippen molar-refractivity contribution in [3.05, 3.63) is 47.5 Å². The van der Waals surface area contributed by atoms with Gasteiger partial charge in [0, 0.05) is 30.6 Å². The van der Waals surface area contributed by atoms with E-state index in [0.717, 1.165) is 18.4 Å². The number of ketones is 3. The van der Waals surface area contributed by atoms with Crippen LogP contribution in [0.5, 0.6) is 0 Å². The molecule has 7 atom stereocenters. The smallest absolute Gasteiger partial charge is 0.333 e. The Morgan fingerprint density at radius 2 is 1.75 bits per heavy atom. The monoisotopic (exact) mass is 607 g/mol. The topological polar surface area (TPSA) is 153 Å². The van der Waals surface area contributed by atoms with E-state index < -0.39 is 47.3 Å². The van der Waals surface area contributed by atoms with E-state index in [-0.39, 0.29) is 60.4 Å². The molecule has 3 fully saturated rings. The predicted octanol–water partition coefficient (Wildman–Crippen LogP) is 3.35. The average molecular weight is 608 g/mol. The number of aliphatic hydroxyl groups is 1.